The minimum absolute atomic E-state index is 0.512. The van der Waals surface area contributed by atoms with Crippen molar-refractivity contribution in [2.45, 2.75) is 0 Å². The van der Waals surface area contributed by atoms with E-state index in [0.717, 1.165) is 16.6 Å². The first-order valence-corrected chi connectivity index (χ1v) is 6.65. The van der Waals surface area contributed by atoms with Gasteiger partial charge in [0.25, 0.3) is 0 Å². The smallest absolute Gasteiger partial charge is 0.149 e. The van der Waals surface area contributed by atoms with Gasteiger partial charge in [0.15, 0.2) is 0 Å². The third-order valence-corrected chi connectivity index (χ3v) is 3.12. The van der Waals surface area contributed by atoms with Crippen LogP contribution >= 0.6 is 0 Å². The summed E-state index contributed by atoms with van der Waals surface area (Å²) in [4.78, 5) is 7.59. The molecule has 3 heteroatoms. The Balaban J connectivity index is 1.89. The van der Waals surface area contributed by atoms with Crippen LogP contribution in [0.5, 0.6) is 0 Å². The molecular weight excluding hydrogens is 258 g/mol. The van der Waals surface area contributed by atoms with Crippen LogP contribution in [0.3, 0.4) is 0 Å². The highest BCUT2D eigenvalue weighted by molar-refractivity contribution is 5.82. The van der Waals surface area contributed by atoms with Crippen LogP contribution in [-0.2, 0) is 0 Å². The van der Waals surface area contributed by atoms with Gasteiger partial charge in [-0.1, -0.05) is 54.6 Å². The molecule has 21 heavy (non-hydrogen) atoms. The van der Waals surface area contributed by atoms with Crippen LogP contribution < -0.4 is 0 Å². The van der Waals surface area contributed by atoms with E-state index in [1.54, 1.807) is 6.08 Å². The van der Waals surface area contributed by atoms with Gasteiger partial charge in [0.05, 0.1) is 16.6 Å². The Morgan fingerprint density at radius 1 is 1.05 bits per heavy atom. The topological polar surface area (TPSA) is 52.5 Å². The number of benzene rings is 2. The van der Waals surface area contributed by atoms with Crippen molar-refractivity contribution in [3.63, 3.8) is 0 Å². The molecule has 0 amide bonds. The first kappa shape index (κ1) is 12.9. The number of hydrogen-bond donors (Lipinski definition) is 1. The van der Waals surface area contributed by atoms with Gasteiger partial charge < -0.3 is 4.98 Å². The molecule has 100 valence electrons. The molecule has 0 bridgehead atoms. The molecule has 0 atom stereocenters. The van der Waals surface area contributed by atoms with Crippen LogP contribution in [0.2, 0.25) is 0 Å². The third kappa shape index (κ3) is 2.90. The van der Waals surface area contributed by atoms with Crippen LogP contribution in [0.25, 0.3) is 22.7 Å². The number of allylic oxidation sites excluding steroid dienone is 3. The molecular formula is C18H13N3. The van der Waals surface area contributed by atoms with Crippen LogP contribution in [-0.4, -0.2) is 9.97 Å². The summed E-state index contributed by atoms with van der Waals surface area (Å²) >= 11 is 0. The van der Waals surface area contributed by atoms with Gasteiger partial charge in [-0.05, 0) is 23.8 Å². The quantitative estimate of drug-likeness (QED) is 0.573. The van der Waals surface area contributed by atoms with Crippen molar-refractivity contribution in [3.8, 4) is 6.07 Å². The van der Waals surface area contributed by atoms with E-state index in [9.17, 15) is 5.26 Å². The zero-order valence-electron chi connectivity index (χ0n) is 11.3. The lowest BCUT2D eigenvalue weighted by atomic mass is 10.2. The summed E-state index contributed by atoms with van der Waals surface area (Å²) in [7, 11) is 0. The van der Waals surface area contributed by atoms with Gasteiger partial charge in [-0.2, -0.15) is 5.26 Å². The Hall–Kier alpha value is -3.12. The molecule has 0 unspecified atom stereocenters. The van der Waals surface area contributed by atoms with Crippen LogP contribution in [0.4, 0.5) is 0 Å². The number of imidazole rings is 1. The van der Waals surface area contributed by atoms with E-state index in [1.807, 2.05) is 66.7 Å². The number of hydrogen-bond acceptors (Lipinski definition) is 2. The molecule has 3 aromatic rings. The molecule has 0 radical (unpaired) electrons. The summed E-state index contributed by atoms with van der Waals surface area (Å²) < 4.78 is 0. The largest absolute Gasteiger partial charge is 0.337 e. The number of rotatable bonds is 3. The lowest BCUT2D eigenvalue weighted by Crippen LogP contribution is -1.83. The molecule has 1 heterocycles. The standard InChI is InChI=1S/C18H13N3/c19-13-15(10-6-9-14-7-2-1-3-8-14)18-20-16-11-4-5-12-17(16)21-18/h1-12H,(H,20,21)/b9-6+,15-10-. The zero-order chi connectivity index (χ0) is 14.5. The summed E-state index contributed by atoms with van der Waals surface area (Å²) in [5.41, 5.74) is 3.40. The van der Waals surface area contributed by atoms with Crippen molar-refractivity contribution in [1.82, 2.24) is 9.97 Å². The van der Waals surface area contributed by atoms with Crippen molar-refractivity contribution in [2.24, 2.45) is 0 Å². The molecule has 3 nitrogen and oxygen atoms in total. The fourth-order valence-electron chi connectivity index (χ4n) is 2.07. The van der Waals surface area contributed by atoms with E-state index in [0.29, 0.717) is 11.4 Å². The van der Waals surface area contributed by atoms with Crippen molar-refractivity contribution < 1.29 is 0 Å². The van der Waals surface area contributed by atoms with E-state index in [1.165, 1.54) is 0 Å². The van der Waals surface area contributed by atoms with Crippen molar-refractivity contribution in [1.29, 1.82) is 5.26 Å². The fourth-order valence-corrected chi connectivity index (χ4v) is 2.07. The summed E-state index contributed by atoms with van der Waals surface area (Å²) in [6, 6.07) is 19.9. The number of nitriles is 1. The molecule has 1 N–H and O–H groups in total. The highest BCUT2D eigenvalue weighted by Gasteiger charge is 2.05. The van der Waals surface area contributed by atoms with E-state index in [-0.39, 0.29) is 0 Å². The number of nitrogens with zero attached hydrogens (tertiary/aromatic N) is 2. The predicted octanol–water partition coefficient (Wildman–Crippen LogP) is 4.18. The monoisotopic (exact) mass is 271 g/mol. The van der Waals surface area contributed by atoms with E-state index in [4.69, 9.17) is 0 Å². The lowest BCUT2D eigenvalue weighted by molar-refractivity contribution is 1.27. The van der Waals surface area contributed by atoms with Crippen LogP contribution in [0.1, 0.15) is 11.4 Å². The minimum Gasteiger partial charge on any atom is -0.337 e. The number of nitrogens with one attached hydrogen (secondary N) is 1. The van der Waals surface area contributed by atoms with Crippen molar-refractivity contribution >= 4 is 22.7 Å². The molecule has 0 aliphatic rings. The highest BCUT2D eigenvalue weighted by atomic mass is 14.9. The van der Waals surface area contributed by atoms with E-state index >= 15 is 0 Å². The minimum atomic E-state index is 0.512. The predicted molar refractivity (Wildman–Crippen MR) is 85.2 cm³/mol. The Bertz CT molecular complexity index is 816. The average Bonchev–Trinajstić information content (AvgIpc) is 2.96. The van der Waals surface area contributed by atoms with Gasteiger partial charge in [-0.25, -0.2) is 4.98 Å². The maximum Gasteiger partial charge on any atom is 0.149 e. The highest BCUT2D eigenvalue weighted by Crippen LogP contribution is 2.16. The average molecular weight is 271 g/mol. The molecule has 1 aromatic heterocycles. The maximum atomic E-state index is 9.29. The van der Waals surface area contributed by atoms with Gasteiger partial charge in [-0.3, -0.25) is 0 Å². The second kappa shape index (κ2) is 5.89. The summed E-state index contributed by atoms with van der Waals surface area (Å²) in [6.07, 6.45) is 5.59. The molecule has 0 fully saturated rings. The van der Waals surface area contributed by atoms with Gasteiger partial charge in [-0.15, -0.1) is 0 Å². The number of aromatic amines is 1. The first-order valence-electron chi connectivity index (χ1n) is 6.65. The van der Waals surface area contributed by atoms with Gasteiger partial charge >= 0.3 is 0 Å². The molecule has 0 aliphatic heterocycles. The van der Waals surface area contributed by atoms with Gasteiger partial charge in [0.1, 0.15) is 11.9 Å². The second-order valence-corrected chi connectivity index (χ2v) is 4.56. The third-order valence-electron chi connectivity index (χ3n) is 3.12. The SMILES string of the molecule is N#C/C(=C/C=C/c1ccccc1)c1nc2ccccc2[nH]1. The Labute approximate surface area is 122 Å². The normalized spacial score (nSPS) is 11.9. The fraction of sp³-hybridized carbons (Fsp3) is 0. The number of aromatic nitrogens is 2. The lowest BCUT2D eigenvalue weighted by Gasteiger charge is -1.91. The van der Waals surface area contributed by atoms with E-state index < -0.39 is 0 Å². The molecule has 0 spiro atoms. The van der Waals surface area contributed by atoms with E-state index in [2.05, 4.69) is 16.0 Å². The summed E-state index contributed by atoms with van der Waals surface area (Å²) in [5.74, 6) is 0.594. The van der Waals surface area contributed by atoms with Crippen molar-refractivity contribution in [2.75, 3.05) is 0 Å². The molecule has 3 rings (SSSR count). The maximum absolute atomic E-state index is 9.29. The second-order valence-electron chi connectivity index (χ2n) is 4.56. The zero-order valence-corrected chi connectivity index (χ0v) is 11.3. The molecule has 2 aromatic carbocycles. The number of fused-ring (bicyclic) bond motifs is 1. The van der Waals surface area contributed by atoms with Crippen LogP contribution in [0, 0.1) is 11.3 Å². The number of para-hydroxylation sites is 2. The van der Waals surface area contributed by atoms with Gasteiger partial charge in [0, 0.05) is 0 Å². The summed E-state index contributed by atoms with van der Waals surface area (Å²) in [5, 5.41) is 9.29. The Morgan fingerprint density at radius 2 is 1.81 bits per heavy atom. The van der Waals surface area contributed by atoms with Crippen molar-refractivity contribution in [3.05, 3.63) is 78.1 Å². The summed E-state index contributed by atoms with van der Waals surface area (Å²) in [6.45, 7) is 0. The Morgan fingerprint density at radius 3 is 2.57 bits per heavy atom. The van der Waals surface area contributed by atoms with Gasteiger partial charge in [0.2, 0.25) is 0 Å². The molecule has 0 saturated heterocycles. The first-order chi connectivity index (χ1) is 10.4. The Kier molecular flexibility index (Phi) is 3.62. The molecule has 0 saturated carbocycles. The van der Waals surface area contributed by atoms with Crippen LogP contribution in [0.15, 0.2) is 66.7 Å². The number of H-pyrrole nitrogens is 1. The molecule has 0 aliphatic carbocycles.